The standard InChI is InChI=1S/C49H40N4OSi.Pt/c1-48(2,3)32-24-26-51-45(28-32)53-42-22-18-33(50-7)29-39(42)38-21-19-35(31-43(38)53)54-34-20-23-44-40(30-34)46-47(41(25-27-52-46)49(4,5)6)55(44,36-14-10-8-11-15-36)37-16-12-9-13-17-37;/h8-29H,1-6H3;/q-2;+2. The number of fused-ring (bicyclic) bond motifs is 6. The fourth-order valence-electron chi connectivity index (χ4n) is 8.37. The van der Waals surface area contributed by atoms with Crippen LogP contribution in [-0.4, -0.2) is 22.6 Å². The van der Waals surface area contributed by atoms with Crippen LogP contribution in [-0.2, 0) is 31.9 Å². The molecule has 0 radical (unpaired) electrons. The molecular formula is C49H40N4OPtSi. The third kappa shape index (κ3) is 5.93. The first-order valence-corrected chi connectivity index (χ1v) is 20.7. The zero-order valence-corrected chi connectivity index (χ0v) is 35.5. The largest absolute Gasteiger partial charge is 2.00 e. The molecule has 56 heavy (non-hydrogen) atoms. The van der Waals surface area contributed by atoms with Crippen LogP contribution in [0.3, 0.4) is 0 Å². The minimum absolute atomic E-state index is 0. The number of ether oxygens (including phenoxy) is 1. The van der Waals surface area contributed by atoms with Crippen LogP contribution in [0.4, 0.5) is 5.69 Å². The second kappa shape index (κ2) is 13.8. The van der Waals surface area contributed by atoms with Gasteiger partial charge >= 0.3 is 21.1 Å². The van der Waals surface area contributed by atoms with E-state index in [9.17, 15) is 0 Å². The van der Waals surface area contributed by atoms with Crippen LogP contribution in [0.1, 0.15) is 52.7 Å². The van der Waals surface area contributed by atoms with Crippen molar-refractivity contribution in [1.29, 1.82) is 0 Å². The Morgan fingerprint density at radius 1 is 0.679 bits per heavy atom. The summed E-state index contributed by atoms with van der Waals surface area (Å²) in [7, 11) is -2.81. The first kappa shape index (κ1) is 37.3. The molecule has 276 valence electrons. The molecule has 0 bridgehead atoms. The van der Waals surface area contributed by atoms with Crippen LogP contribution in [0.15, 0.2) is 134 Å². The Morgan fingerprint density at radius 3 is 2.00 bits per heavy atom. The van der Waals surface area contributed by atoms with Crippen molar-refractivity contribution >= 4 is 56.3 Å². The summed E-state index contributed by atoms with van der Waals surface area (Å²) in [5.74, 6) is 1.95. The molecule has 8 aromatic rings. The molecule has 0 saturated heterocycles. The van der Waals surface area contributed by atoms with E-state index >= 15 is 0 Å². The minimum Gasteiger partial charge on any atom is -0.503 e. The average Bonchev–Trinajstić information content (AvgIpc) is 3.67. The monoisotopic (exact) mass is 923 g/mol. The maximum atomic E-state index is 7.69. The van der Waals surface area contributed by atoms with Gasteiger partial charge in [0.1, 0.15) is 13.9 Å². The summed E-state index contributed by atoms with van der Waals surface area (Å²) in [4.78, 5) is 13.7. The van der Waals surface area contributed by atoms with E-state index in [0.29, 0.717) is 17.2 Å². The Kier molecular flexibility index (Phi) is 9.23. The molecule has 0 N–H and O–H groups in total. The molecule has 3 aromatic heterocycles. The second-order valence-corrected chi connectivity index (χ2v) is 20.1. The van der Waals surface area contributed by atoms with E-state index in [1.807, 2.05) is 36.7 Å². The van der Waals surface area contributed by atoms with E-state index in [1.165, 1.54) is 31.9 Å². The predicted molar refractivity (Wildman–Crippen MR) is 227 cm³/mol. The van der Waals surface area contributed by atoms with Crippen LogP contribution >= 0.6 is 0 Å². The second-order valence-electron chi connectivity index (χ2n) is 16.4. The van der Waals surface area contributed by atoms with Crippen molar-refractivity contribution in [3.63, 3.8) is 0 Å². The number of benzene rings is 5. The van der Waals surface area contributed by atoms with Gasteiger partial charge in [-0.2, -0.15) is 6.07 Å². The SMILES string of the molecule is [C-]#[N+]c1ccc2c(c1)c1ccc(Oc3[c-]c4c(cc3)[Si](c3ccccc3)(c3ccccc3)c3c(C(C)(C)C)ccnc3-4)[c-]c1n2-c1cc(C(C)(C)C)ccn1.[Pt+2]. The first-order chi connectivity index (χ1) is 26.5. The molecule has 4 heterocycles. The van der Waals surface area contributed by atoms with Gasteiger partial charge in [0.2, 0.25) is 0 Å². The van der Waals surface area contributed by atoms with Crippen molar-refractivity contribution in [1.82, 2.24) is 14.5 Å². The van der Waals surface area contributed by atoms with Crippen molar-refractivity contribution in [2.75, 3.05) is 0 Å². The molecule has 5 aromatic carbocycles. The smallest absolute Gasteiger partial charge is 0.503 e. The predicted octanol–water partition coefficient (Wildman–Crippen LogP) is 9.47. The van der Waals surface area contributed by atoms with E-state index in [2.05, 4.69) is 160 Å². The van der Waals surface area contributed by atoms with Crippen molar-refractivity contribution in [2.24, 2.45) is 0 Å². The van der Waals surface area contributed by atoms with Gasteiger partial charge in [0.05, 0.1) is 6.57 Å². The van der Waals surface area contributed by atoms with Crippen molar-refractivity contribution in [3.8, 4) is 28.6 Å². The maximum absolute atomic E-state index is 7.69. The van der Waals surface area contributed by atoms with Gasteiger partial charge in [-0.3, -0.25) is 0 Å². The van der Waals surface area contributed by atoms with Gasteiger partial charge in [0.25, 0.3) is 0 Å². The molecule has 0 fully saturated rings. The summed E-state index contributed by atoms with van der Waals surface area (Å²) in [5.41, 5.74) is 6.66. The third-order valence-electron chi connectivity index (χ3n) is 10.9. The molecule has 0 atom stereocenters. The van der Waals surface area contributed by atoms with Crippen molar-refractivity contribution in [3.05, 3.63) is 168 Å². The average molecular weight is 924 g/mol. The fraction of sp³-hybridized carbons (Fsp3) is 0.163. The van der Waals surface area contributed by atoms with Crippen LogP contribution < -0.4 is 25.5 Å². The van der Waals surface area contributed by atoms with Crippen LogP contribution in [0.25, 0.3) is 43.7 Å². The van der Waals surface area contributed by atoms with Gasteiger partial charge in [0, 0.05) is 29.4 Å². The minimum atomic E-state index is -2.81. The van der Waals surface area contributed by atoms with E-state index in [4.69, 9.17) is 21.3 Å². The summed E-state index contributed by atoms with van der Waals surface area (Å²) in [6.45, 7) is 21.2. The molecular weight excluding hydrogens is 884 g/mol. The topological polar surface area (TPSA) is 44.3 Å². The Hall–Kier alpha value is -5.60. The van der Waals surface area contributed by atoms with E-state index < -0.39 is 8.07 Å². The zero-order chi connectivity index (χ0) is 38.1. The number of nitrogens with zero attached hydrogens (tertiary/aromatic N) is 4. The number of hydrogen-bond acceptors (Lipinski definition) is 3. The van der Waals surface area contributed by atoms with Gasteiger partial charge in [-0.25, -0.2) is 9.83 Å². The molecule has 0 aliphatic carbocycles. The van der Waals surface area contributed by atoms with Crippen LogP contribution in [0.2, 0.25) is 0 Å². The summed E-state index contributed by atoms with van der Waals surface area (Å²) in [6.07, 6.45) is 3.82. The quantitative estimate of drug-likeness (QED) is 0.128. The molecule has 0 amide bonds. The molecule has 5 nitrogen and oxygen atoms in total. The first-order valence-electron chi connectivity index (χ1n) is 18.7. The molecule has 1 aliphatic heterocycles. The number of hydrogen-bond donors (Lipinski definition) is 0. The Labute approximate surface area is 344 Å². The van der Waals surface area contributed by atoms with Crippen molar-refractivity contribution < 1.29 is 25.8 Å². The van der Waals surface area contributed by atoms with Gasteiger partial charge in [0.15, 0.2) is 5.69 Å². The van der Waals surface area contributed by atoms with Gasteiger partial charge in [-0.15, -0.1) is 40.4 Å². The van der Waals surface area contributed by atoms with Gasteiger partial charge in [-0.05, 0) is 51.9 Å². The van der Waals surface area contributed by atoms with Crippen LogP contribution in [0, 0.1) is 18.7 Å². The number of rotatable bonds is 5. The number of aromatic nitrogens is 3. The Morgan fingerprint density at radius 2 is 1.34 bits per heavy atom. The summed E-state index contributed by atoms with van der Waals surface area (Å²) in [5, 5.41) is 7.17. The Bertz CT molecular complexity index is 2790. The zero-order valence-electron chi connectivity index (χ0n) is 32.2. The molecule has 7 heteroatoms. The fourth-order valence-corrected chi connectivity index (χ4v) is 13.9. The molecule has 1 aliphatic rings. The van der Waals surface area contributed by atoms with Crippen LogP contribution in [0.5, 0.6) is 11.5 Å². The molecule has 9 rings (SSSR count). The van der Waals surface area contributed by atoms with E-state index in [1.54, 1.807) is 0 Å². The molecule has 0 saturated carbocycles. The maximum Gasteiger partial charge on any atom is 2.00 e. The molecule has 0 spiro atoms. The van der Waals surface area contributed by atoms with E-state index in [-0.39, 0.29) is 31.9 Å². The summed E-state index contributed by atoms with van der Waals surface area (Å²) >= 11 is 0. The normalized spacial score (nSPS) is 13.2. The van der Waals surface area contributed by atoms with E-state index in [0.717, 1.165) is 38.9 Å². The third-order valence-corrected chi connectivity index (χ3v) is 15.8. The summed E-state index contributed by atoms with van der Waals surface area (Å²) < 4.78 is 8.83. The molecule has 0 unspecified atom stereocenters. The van der Waals surface area contributed by atoms with Crippen molar-refractivity contribution in [2.45, 2.75) is 52.4 Å². The Balaban J connectivity index is 0.00000441. The number of pyridine rings is 2. The van der Waals surface area contributed by atoms with Gasteiger partial charge in [-0.1, -0.05) is 147 Å². The van der Waals surface area contributed by atoms with Gasteiger partial charge < -0.3 is 14.3 Å². The summed E-state index contributed by atoms with van der Waals surface area (Å²) in [6, 6.07) is 49.9.